The Morgan fingerprint density at radius 3 is 2.65 bits per heavy atom. The maximum atomic E-state index is 11.9. The standard InChI is InChI=1S/C13H17ClN2O4/c1-8-6-10(9(14)7-11(8)20-3)15-13(19)16(2)5-4-12(17)18/h6-7H,4-5H2,1-3H3,(H,15,19)(H,17,18). The number of halogens is 1. The lowest BCUT2D eigenvalue weighted by atomic mass is 10.2. The Kier molecular flexibility index (Phi) is 5.64. The number of hydrogen-bond donors (Lipinski definition) is 2. The number of methoxy groups -OCH3 is 1. The average molecular weight is 301 g/mol. The lowest BCUT2D eigenvalue weighted by Gasteiger charge is -2.18. The van der Waals surface area contributed by atoms with Crippen LogP contribution in [0.2, 0.25) is 5.02 Å². The van der Waals surface area contributed by atoms with Gasteiger partial charge in [0.1, 0.15) is 5.75 Å². The van der Waals surface area contributed by atoms with E-state index in [-0.39, 0.29) is 13.0 Å². The molecule has 2 N–H and O–H groups in total. The highest BCUT2D eigenvalue weighted by atomic mass is 35.5. The summed E-state index contributed by atoms with van der Waals surface area (Å²) in [6.45, 7) is 1.95. The Morgan fingerprint density at radius 1 is 1.45 bits per heavy atom. The van der Waals surface area contributed by atoms with Crippen molar-refractivity contribution in [1.82, 2.24) is 4.90 Å². The summed E-state index contributed by atoms with van der Waals surface area (Å²) in [5, 5.41) is 11.6. The van der Waals surface area contributed by atoms with Crippen LogP contribution in [0.5, 0.6) is 5.75 Å². The quantitative estimate of drug-likeness (QED) is 0.876. The molecular weight excluding hydrogens is 284 g/mol. The smallest absolute Gasteiger partial charge is 0.321 e. The van der Waals surface area contributed by atoms with E-state index in [2.05, 4.69) is 5.32 Å². The van der Waals surface area contributed by atoms with Crippen LogP contribution in [0.1, 0.15) is 12.0 Å². The summed E-state index contributed by atoms with van der Waals surface area (Å²) in [6, 6.07) is 2.89. The molecule has 0 aliphatic heterocycles. The Hall–Kier alpha value is -1.95. The van der Waals surface area contributed by atoms with Crippen LogP contribution < -0.4 is 10.1 Å². The van der Waals surface area contributed by atoms with Crippen molar-refractivity contribution in [3.63, 3.8) is 0 Å². The summed E-state index contributed by atoms with van der Waals surface area (Å²) in [5.41, 5.74) is 1.29. The van der Waals surface area contributed by atoms with E-state index in [1.54, 1.807) is 12.1 Å². The van der Waals surface area contributed by atoms with Crippen LogP contribution in [0.3, 0.4) is 0 Å². The van der Waals surface area contributed by atoms with Gasteiger partial charge in [0.15, 0.2) is 0 Å². The van der Waals surface area contributed by atoms with Crippen molar-refractivity contribution >= 4 is 29.3 Å². The van der Waals surface area contributed by atoms with Crippen molar-refractivity contribution in [2.24, 2.45) is 0 Å². The van der Waals surface area contributed by atoms with Gasteiger partial charge in [-0.1, -0.05) is 11.6 Å². The molecule has 0 aliphatic carbocycles. The number of nitrogens with one attached hydrogen (secondary N) is 1. The van der Waals surface area contributed by atoms with Crippen LogP contribution in [0.15, 0.2) is 12.1 Å². The second-order valence-corrected chi connectivity index (χ2v) is 4.70. The highest BCUT2D eigenvalue weighted by Gasteiger charge is 2.13. The molecule has 1 aromatic carbocycles. The highest BCUT2D eigenvalue weighted by Crippen LogP contribution is 2.30. The lowest BCUT2D eigenvalue weighted by molar-refractivity contribution is -0.137. The van der Waals surface area contributed by atoms with E-state index >= 15 is 0 Å². The number of hydrogen-bond acceptors (Lipinski definition) is 3. The highest BCUT2D eigenvalue weighted by molar-refractivity contribution is 6.33. The minimum Gasteiger partial charge on any atom is -0.496 e. The first-order chi connectivity index (χ1) is 9.35. The summed E-state index contributed by atoms with van der Waals surface area (Å²) in [7, 11) is 3.05. The number of amides is 2. The zero-order chi connectivity index (χ0) is 15.3. The molecule has 2 amide bonds. The predicted octanol–water partition coefficient (Wildman–Crippen LogP) is 2.60. The Balaban J connectivity index is 2.75. The lowest BCUT2D eigenvalue weighted by Crippen LogP contribution is -2.33. The Morgan fingerprint density at radius 2 is 2.10 bits per heavy atom. The number of urea groups is 1. The Labute approximate surface area is 122 Å². The number of aliphatic carboxylic acids is 1. The number of carbonyl (C=O) groups is 2. The molecule has 0 aliphatic rings. The third-order valence-electron chi connectivity index (χ3n) is 2.73. The van der Waals surface area contributed by atoms with E-state index in [4.69, 9.17) is 21.4 Å². The topological polar surface area (TPSA) is 78.9 Å². The van der Waals surface area contributed by atoms with Crippen molar-refractivity contribution < 1.29 is 19.4 Å². The third kappa shape index (κ3) is 4.31. The van der Waals surface area contributed by atoms with Gasteiger partial charge in [-0.25, -0.2) is 4.79 Å². The van der Waals surface area contributed by atoms with Gasteiger partial charge in [0.2, 0.25) is 0 Å². The summed E-state index contributed by atoms with van der Waals surface area (Å²) < 4.78 is 5.13. The number of carboxylic acids is 1. The van der Waals surface area contributed by atoms with Crippen LogP contribution in [0.4, 0.5) is 10.5 Å². The van der Waals surface area contributed by atoms with E-state index in [1.807, 2.05) is 6.92 Å². The molecule has 0 unspecified atom stereocenters. The van der Waals surface area contributed by atoms with Crippen molar-refractivity contribution in [3.8, 4) is 5.75 Å². The second-order valence-electron chi connectivity index (χ2n) is 4.30. The minimum absolute atomic E-state index is 0.112. The monoisotopic (exact) mass is 300 g/mol. The van der Waals surface area contributed by atoms with Gasteiger partial charge in [-0.3, -0.25) is 4.79 Å². The SMILES string of the molecule is COc1cc(Cl)c(NC(=O)N(C)CCC(=O)O)cc1C. The number of anilines is 1. The largest absolute Gasteiger partial charge is 0.496 e. The van der Waals surface area contributed by atoms with Crippen LogP contribution in [-0.2, 0) is 4.79 Å². The van der Waals surface area contributed by atoms with Crippen LogP contribution in [0.25, 0.3) is 0 Å². The van der Waals surface area contributed by atoms with Gasteiger partial charge in [0.25, 0.3) is 0 Å². The van der Waals surface area contributed by atoms with Gasteiger partial charge in [0, 0.05) is 19.7 Å². The van der Waals surface area contributed by atoms with E-state index < -0.39 is 12.0 Å². The van der Waals surface area contributed by atoms with Gasteiger partial charge >= 0.3 is 12.0 Å². The summed E-state index contributed by atoms with van der Waals surface area (Å²) in [4.78, 5) is 23.6. The van der Waals surface area contributed by atoms with E-state index in [9.17, 15) is 9.59 Å². The molecule has 0 saturated carbocycles. The fraction of sp³-hybridized carbons (Fsp3) is 0.385. The molecule has 1 rings (SSSR count). The van der Waals surface area contributed by atoms with Crippen molar-refractivity contribution in [2.75, 3.05) is 26.0 Å². The fourth-order valence-electron chi connectivity index (χ4n) is 1.55. The molecule has 0 saturated heterocycles. The molecule has 0 aromatic heterocycles. The zero-order valence-electron chi connectivity index (χ0n) is 11.6. The number of rotatable bonds is 5. The zero-order valence-corrected chi connectivity index (χ0v) is 12.3. The molecule has 0 radical (unpaired) electrons. The van der Waals surface area contributed by atoms with Crippen LogP contribution >= 0.6 is 11.6 Å². The molecular formula is C13H17ClN2O4. The average Bonchev–Trinajstić information content (AvgIpc) is 2.39. The Bertz CT molecular complexity index is 519. The molecule has 20 heavy (non-hydrogen) atoms. The van der Waals surface area contributed by atoms with Crippen molar-refractivity contribution in [2.45, 2.75) is 13.3 Å². The van der Waals surface area contributed by atoms with Gasteiger partial charge in [-0.05, 0) is 18.6 Å². The van der Waals surface area contributed by atoms with Gasteiger partial charge in [0.05, 0.1) is 24.2 Å². The second kappa shape index (κ2) is 7.00. The van der Waals surface area contributed by atoms with E-state index in [0.29, 0.717) is 16.5 Å². The summed E-state index contributed by atoms with van der Waals surface area (Å²) in [5.74, 6) is -0.324. The molecule has 0 bridgehead atoms. The predicted molar refractivity (Wildman–Crippen MR) is 76.6 cm³/mol. The molecule has 1 aromatic rings. The van der Waals surface area contributed by atoms with Crippen molar-refractivity contribution in [1.29, 1.82) is 0 Å². The first-order valence-electron chi connectivity index (χ1n) is 5.93. The number of benzene rings is 1. The molecule has 7 heteroatoms. The first-order valence-corrected chi connectivity index (χ1v) is 6.31. The maximum absolute atomic E-state index is 11.9. The first kappa shape index (κ1) is 16.1. The number of ether oxygens (including phenoxy) is 1. The van der Waals surface area contributed by atoms with Crippen molar-refractivity contribution in [3.05, 3.63) is 22.7 Å². The summed E-state index contributed by atoms with van der Waals surface area (Å²) in [6.07, 6.45) is -0.112. The number of aryl methyl sites for hydroxylation is 1. The van der Waals surface area contributed by atoms with E-state index in [1.165, 1.54) is 19.1 Å². The van der Waals surface area contributed by atoms with Gasteiger partial charge in [-0.15, -0.1) is 0 Å². The molecule has 0 heterocycles. The fourth-order valence-corrected chi connectivity index (χ4v) is 1.76. The number of nitrogens with zero attached hydrogens (tertiary/aromatic N) is 1. The van der Waals surface area contributed by atoms with Gasteiger partial charge < -0.3 is 20.1 Å². The van der Waals surface area contributed by atoms with Crippen LogP contribution in [0, 0.1) is 6.92 Å². The molecule has 0 atom stereocenters. The number of carbonyl (C=O) groups excluding carboxylic acids is 1. The van der Waals surface area contributed by atoms with E-state index in [0.717, 1.165) is 5.56 Å². The van der Waals surface area contributed by atoms with Crippen LogP contribution in [-0.4, -0.2) is 42.7 Å². The maximum Gasteiger partial charge on any atom is 0.321 e. The molecule has 6 nitrogen and oxygen atoms in total. The molecule has 0 spiro atoms. The molecule has 0 fully saturated rings. The molecule has 110 valence electrons. The normalized spacial score (nSPS) is 10.0. The third-order valence-corrected chi connectivity index (χ3v) is 3.05. The van der Waals surface area contributed by atoms with Gasteiger partial charge in [-0.2, -0.15) is 0 Å². The summed E-state index contributed by atoms with van der Waals surface area (Å²) >= 11 is 6.05. The minimum atomic E-state index is -0.956. The number of carboxylic acid groups (broad SMARTS) is 1.